The average molecular weight is 288 g/mol. The molecular weight excluding hydrogens is 274 g/mol. The summed E-state index contributed by atoms with van der Waals surface area (Å²) in [7, 11) is 0. The summed E-state index contributed by atoms with van der Waals surface area (Å²) in [5.41, 5.74) is 9.81. The van der Waals surface area contributed by atoms with Crippen LogP contribution in [0.4, 0.5) is 0 Å². The van der Waals surface area contributed by atoms with Crippen molar-refractivity contribution in [3.8, 4) is 11.4 Å². The topological polar surface area (TPSA) is 69.1 Å². The highest BCUT2D eigenvalue weighted by Crippen LogP contribution is 2.27. The average Bonchev–Trinajstić information content (AvgIpc) is 2.73. The third kappa shape index (κ3) is 2.05. The highest BCUT2D eigenvalue weighted by Gasteiger charge is 2.17. The second-order valence-electron chi connectivity index (χ2n) is 4.72. The summed E-state index contributed by atoms with van der Waals surface area (Å²) in [5, 5.41) is 4.89. The number of rotatable bonds is 2. The zero-order valence-electron chi connectivity index (χ0n) is 11.2. The molecule has 5 nitrogen and oxygen atoms in total. The normalized spacial score (nSPS) is 12.8. The minimum atomic E-state index is -0.174. The van der Waals surface area contributed by atoms with Crippen LogP contribution in [0.2, 0.25) is 5.02 Å². The quantitative estimate of drug-likeness (QED) is 0.787. The van der Waals surface area contributed by atoms with Gasteiger partial charge in [0.25, 0.3) is 0 Å². The van der Waals surface area contributed by atoms with Gasteiger partial charge in [0, 0.05) is 24.0 Å². The minimum Gasteiger partial charge on any atom is -0.324 e. The number of pyridine rings is 1. The first-order valence-corrected chi connectivity index (χ1v) is 6.68. The molecule has 0 saturated heterocycles. The van der Waals surface area contributed by atoms with Crippen molar-refractivity contribution in [1.29, 1.82) is 0 Å². The highest BCUT2D eigenvalue weighted by atomic mass is 35.5. The van der Waals surface area contributed by atoms with E-state index in [-0.39, 0.29) is 6.04 Å². The van der Waals surface area contributed by atoms with Crippen LogP contribution in [0.1, 0.15) is 24.2 Å². The third-order valence-corrected chi connectivity index (χ3v) is 3.58. The van der Waals surface area contributed by atoms with Gasteiger partial charge in [-0.3, -0.25) is 4.98 Å². The molecule has 20 heavy (non-hydrogen) atoms. The monoisotopic (exact) mass is 287 g/mol. The van der Waals surface area contributed by atoms with Gasteiger partial charge in [0.05, 0.1) is 17.1 Å². The summed E-state index contributed by atoms with van der Waals surface area (Å²) in [6.45, 7) is 3.76. The van der Waals surface area contributed by atoms with Crippen LogP contribution in [0.25, 0.3) is 17.0 Å². The van der Waals surface area contributed by atoms with E-state index >= 15 is 0 Å². The Hall–Kier alpha value is -1.98. The molecule has 1 atom stereocenters. The number of fused-ring (bicyclic) bond motifs is 1. The van der Waals surface area contributed by atoms with Gasteiger partial charge in [-0.2, -0.15) is 5.10 Å². The van der Waals surface area contributed by atoms with Crippen LogP contribution in [-0.2, 0) is 0 Å². The SMILES string of the molecule is Cc1nn2cc([C@H](C)N)c(-c3ccccn3)nc2c1Cl. The van der Waals surface area contributed by atoms with Crippen molar-refractivity contribution in [3.05, 3.63) is 46.9 Å². The van der Waals surface area contributed by atoms with Crippen LogP contribution in [0, 0.1) is 6.92 Å². The third-order valence-electron chi connectivity index (χ3n) is 3.14. The number of halogens is 1. The molecule has 0 unspecified atom stereocenters. The molecule has 3 rings (SSSR count). The molecule has 3 aromatic heterocycles. The number of nitrogens with zero attached hydrogens (tertiary/aromatic N) is 4. The van der Waals surface area contributed by atoms with Crippen LogP contribution in [0.3, 0.4) is 0 Å². The molecule has 0 amide bonds. The Bertz CT molecular complexity index is 764. The number of aromatic nitrogens is 4. The van der Waals surface area contributed by atoms with Crippen LogP contribution in [0.15, 0.2) is 30.6 Å². The summed E-state index contributed by atoms with van der Waals surface area (Å²) >= 11 is 6.24. The molecule has 0 spiro atoms. The summed E-state index contributed by atoms with van der Waals surface area (Å²) in [6.07, 6.45) is 3.60. The molecule has 0 radical (unpaired) electrons. The summed E-state index contributed by atoms with van der Waals surface area (Å²) in [4.78, 5) is 8.96. The lowest BCUT2D eigenvalue weighted by Crippen LogP contribution is -2.10. The van der Waals surface area contributed by atoms with E-state index in [2.05, 4.69) is 15.1 Å². The van der Waals surface area contributed by atoms with Gasteiger partial charge in [0.1, 0.15) is 5.02 Å². The molecule has 6 heteroatoms. The summed E-state index contributed by atoms with van der Waals surface area (Å²) < 4.78 is 1.67. The summed E-state index contributed by atoms with van der Waals surface area (Å²) in [5.74, 6) is 0. The fourth-order valence-corrected chi connectivity index (χ4v) is 2.28. The first kappa shape index (κ1) is 13.0. The zero-order chi connectivity index (χ0) is 14.3. The molecule has 0 fully saturated rings. The predicted octanol–water partition coefficient (Wildman–Crippen LogP) is 2.77. The highest BCUT2D eigenvalue weighted by molar-refractivity contribution is 6.34. The first-order chi connectivity index (χ1) is 9.58. The smallest absolute Gasteiger partial charge is 0.174 e. The Morgan fingerprint density at radius 2 is 2.15 bits per heavy atom. The largest absolute Gasteiger partial charge is 0.324 e. The fourth-order valence-electron chi connectivity index (χ4n) is 2.11. The summed E-state index contributed by atoms with van der Waals surface area (Å²) in [6, 6.07) is 5.51. The Morgan fingerprint density at radius 1 is 1.35 bits per heavy atom. The van der Waals surface area contributed by atoms with E-state index < -0.39 is 0 Å². The van der Waals surface area contributed by atoms with E-state index in [1.807, 2.05) is 38.2 Å². The van der Waals surface area contributed by atoms with E-state index in [0.717, 1.165) is 22.6 Å². The molecule has 3 heterocycles. The van der Waals surface area contributed by atoms with E-state index in [0.29, 0.717) is 10.7 Å². The number of nitrogens with two attached hydrogens (primary N) is 1. The Morgan fingerprint density at radius 3 is 2.80 bits per heavy atom. The van der Waals surface area contributed by atoms with Crippen molar-refractivity contribution in [1.82, 2.24) is 19.6 Å². The maximum Gasteiger partial charge on any atom is 0.174 e. The minimum absolute atomic E-state index is 0.174. The standard InChI is InChI=1S/C14H14ClN5/c1-8(16)10-7-20-14(12(15)9(2)19-20)18-13(10)11-5-3-4-6-17-11/h3-8H,16H2,1-2H3/t8-/m0/s1. The Labute approximate surface area is 121 Å². The van der Waals surface area contributed by atoms with Crippen LogP contribution < -0.4 is 5.73 Å². The Balaban J connectivity index is 2.33. The molecule has 3 aromatic rings. The lowest BCUT2D eigenvalue weighted by Gasteiger charge is -2.12. The van der Waals surface area contributed by atoms with Gasteiger partial charge >= 0.3 is 0 Å². The van der Waals surface area contributed by atoms with Crippen LogP contribution in [-0.4, -0.2) is 19.6 Å². The van der Waals surface area contributed by atoms with E-state index in [1.165, 1.54) is 0 Å². The molecule has 0 bridgehead atoms. The number of aryl methyl sites for hydroxylation is 1. The van der Waals surface area contributed by atoms with Crippen LogP contribution in [0.5, 0.6) is 0 Å². The second kappa shape index (κ2) is 4.85. The molecule has 0 aliphatic carbocycles. The maximum absolute atomic E-state index is 6.24. The second-order valence-corrected chi connectivity index (χ2v) is 5.09. The van der Waals surface area contributed by atoms with Gasteiger partial charge in [-0.15, -0.1) is 0 Å². The van der Waals surface area contributed by atoms with E-state index in [1.54, 1.807) is 10.7 Å². The van der Waals surface area contributed by atoms with Crippen molar-refractivity contribution in [2.24, 2.45) is 5.73 Å². The molecule has 2 N–H and O–H groups in total. The van der Waals surface area contributed by atoms with Crippen molar-refractivity contribution < 1.29 is 0 Å². The van der Waals surface area contributed by atoms with Gasteiger partial charge in [-0.1, -0.05) is 17.7 Å². The van der Waals surface area contributed by atoms with Crippen molar-refractivity contribution >= 4 is 17.2 Å². The van der Waals surface area contributed by atoms with Crippen molar-refractivity contribution in [3.63, 3.8) is 0 Å². The van der Waals surface area contributed by atoms with Crippen molar-refractivity contribution in [2.75, 3.05) is 0 Å². The van der Waals surface area contributed by atoms with Crippen LogP contribution >= 0.6 is 11.6 Å². The van der Waals surface area contributed by atoms with E-state index in [9.17, 15) is 0 Å². The Kier molecular flexibility index (Phi) is 3.16. The van der Waals surface area contributed by atoms with Gasteiger partial charge in [0.15, 0.2) is 5.65 Å². The molecule has 0 saturated carbocycles. The molecule has 0 aliphatic heterocycles. The van der Waals surface area contributed by atoms with Gasteiger partial charge in [-0.25, -0.2) is 9.50 Å². The van der Waals surface area contributed by atoms with Crippen molar-refractivity contribution in [2.45, 2.75) is 19.9 Å². The molecular formula is C14H14ClN5. The zero-order valence-corrected chi connectivity index (χ0v) is 12.0. The lowest BCUT2D eigenvalue weighted by molar-refractivity contribution is 0.786. The first-order valence-electron chi connectivity index (χ1n) is 6.30. The maximum atomic E-state index is 6.24. The molecule has 102 valence electrons. The lowest BCUT2D eigenvalue weighted by atomic mass is 10.1. The fraction of sp³-hybridized carbons (Fsp3) is 0.214. The van der Waals surface area contributed by atoms with Gasteiger partial charge in [0.2, 0.25) is 0 Å². The van der Waals surface area contributed by atoms with E-state index in [4.69, 9.17) is 17.3 Å². The molecule has 0 aromatic carbocycles. The van der Waals surface area contributed by atoms with Gasteiger partial charge < -0.3 is 5.73 Å². The molecule has 0 aliphatic rings. The number of hydrogen-bond donors (Lipinski definition) is 1. The number of hydrogen-bond acceptors (Lipinski definition) is 4. The van der Waals surface area contributed by atoms with Gasteiger partial charge in [-0.05, 0) is 26.0 Å². The predicted molar refractivity (Wildman–Crippen MR) is 78.6 cm³/mol.